The van der Waals surface area contributed by atoms with E-state index in [2.05, 4.69) is 15.3 Å². The SMILES string of the molecule is CN(CC(=O)NCc1ccco1)C(=O)CCc1nc2ccccc2[nH]c1=O. The smallest absolute Gasteiger partial charge is 0.270 e. The average Bonchev–Trinajstić information content (AvgIpc) is 3.18. The van der Waals surface area contributed by atoms with Gasteiger partial charge in [-0.1, -0.05) is 12.1 Å². The Kier molecular flexibility index (Phi) is 5.65. The number of nitrogens with one attached hydrogen (secondary N) is 2. The molecule has 1 aromatic carbocycles. The van der Waals surface area contributed by atoms with E-state index < -0.39 is 0 Å². The van der Waals surface area contributed by atoms with Crippen molar-refractivity contribution in [2.24, 2.45) is 0 Å². The van der Waals surface area contributed by atoms with Crippen molar-refractivity contribution in [3.8, 4) is 0 Å². The summed E-state index contributed by atoms with van der Waals surface area (Å²) < 4.78 is 5.13. The lowest BCUT2D eigenvalue weighted by molar-refractivity contribution is -0.134. The molecule has 2 N–H and O–H groups in total. The summed E-state index contributed by atoms with van der Waals surface area (Å²) in [5.74, 6) is 0.111. The highest BCUT2D eigenvalue weighted by molar-refractivity contribution is 5.84. The van der Waals surface area contributed by atoms with E-state index >= 15 is 0 Å². The minimum Gasteiger partial charge on any atom is -0.467 e. The van der Waals surface area contributed by atoms with E-state index in [4.69, 9.17) is 4.42 Å². The first-order chi connectivity index (χ1) is 13.0. The Hall–Kier alpha value is -3.42. The molecule has 2 heterocycles. The minimum absolute atomic E-state index is 0.0684. The van der Waals surface area contributed by atoms with Crippen LogP contribution in [0.3, 0.4) is 0 Å². The number of rotatable bonds is 7. The molecule has 0 atom stereocenters. The van der Waals surface area contributed by atoms with E-state index in [1.54, 1.807) is 31.3 Å². The third kappa shape index (κ3) is 4.81. The zero-order valence-corrected chi connectivity index (χ0v) is 14.9. The fourth-order valence-corrected chi connectivity index (χ4v) is 2.61. The van der Waals surface area contributed by atoms with Gasteiger partial charge < -0.3 is 19.6 Å². The highest BCUT2D eigenvalue weighted by Gasteiger charge is 2.15. The van der Waals surface area contributed by atoms with Gasteiger partial charge in [0.05, 0.1) is 30.4 Å². The number of hydrogen-bond donors (Lipinski definition) is 2. The molecule has 0 aliphatic heterocycles. The van der Waals surface area contributed by atoms with Crippen LogP contribution in [0.5, 0.6) is 0 Å². The third-order valence-electron chi connectivity index (χ3n) is 4.09. The van der Waals surface area contributed by atoms with Gasteiger partial charge in [0.15, 0.2) is 0 Å². The van der Waals surface area contributed by atoms with Crippen LogP contribution >= 0.6 is 0 Å². The van der Waals surface area contributed by atoms with Crippen molar-refractivity contribution < 1.29 is 14.0 Å². The zero-order valence-electron chi connectivity index (χ0n) is 14.9. The second-order valence-electron chi connectivity index (χ2n) is 6.14. The minimum atomic E-state index is -0.305. The molecule has 0 aliphatic rings. The van der Waals surface area contributed by atoms with Crippen LogP contribution in [-0.4, -0.2) is 40.3 Å². The van der Waals surface area contributed by atoms with Crippen molar-refractivity contribution in [1.82, 2.24) is 20.2 Å². The third-order valence-corrected chi connectivity index (χ3v) is 4.09. The quantitative estimate of drug-likeness (QED) is 0.652. The van der Waals surface area contributed by atoms with Gasteiger partial charge in [-0.25, -0.2) is 4.98 Å². The number of aromatic nitrogens is 2. The summed E-state index contributed by atoms with van der Waals surface area (Å²) in [5.41, 5.74) is 1.33. The number of hydrogen-bond acceptors (Lipinski definition) is 5. The molecule has 8 heteroatoms. The predicted molar refractivity (Wildman–Crippen MR) is 98.9 cm³/mol. The van der Waals surface area contributed by atoms with Gasteiger partial charge >= 0.3 is 0 Å². The molecule has 8 nitrogen and oxygen atoms in total. The lowest BCUT2D eigenvalue weighted by Crippen LogP contribution is -2.38. The maximum atomic E-state index is 12.2. The van der Waals surface area contributed by atoms with Crippen LogP contribution in [0, 0.1) is 0 Å². The number of furan rings is 1. The lowest BCUT2D eigenvalue weighted by atomic mass is 10.2. The van der Waals surface area contributed by atoms with Crippen molar-refractivity contribution in [1.29, 1.82) is 0 Å². The van der Waals surface area contributed by atoms with Gasteiger partial charge in [-0.15, -0.1) is 0 Å². The average molecular weight is 368 g/mol. The van der Waals surface area contributed by atoms with Crippen LogP contribution in [0.1, 0.15) is 17.9 Å². The Bertz CT molecular complexity index is 994. The number of carbonyl (C=O) groups is 2. The van der Waals surface area contributed by atoms with Gasteiger partial charge in [-0.3, -0.25) is 14.4 Å². The van der Waals surface area contributed by atoms with E-state index in [0.717, 1.165) is 0 Å². The molecule has 0 spiro atoms. The molecule has 3 aromatic rings. The maximum absolute atomic E-state index is 12.2. The van der Waals surface area contributed by atoms with Crippen LogP contribution in [0.4, 0.5) is 0 Å². The first kappa shape index (κ1) is 18.4. The number of aryl methyl sites for hydroxylation is 1. The molecule has 0 unspecified atom stereocenters. The Morgan fingerprint density at radius 1 is 1.22 bits per heavy atom. The Labute approximate surface area is 155 Å². The molecule has 2 aromatic heterocycles. The van der Waals surface area contributed by atoms with Gasteiger partial charge in [-0.2, -0.15) is 0 Å². The van der Waals surface area contributed by atoms with Crippen LogP contribution in [0.15, 0.2) is 51.9 Å². The largest absolute Gasteiger partial charge is 0.467 e. The molecule has 27 heavy (non-hydrogen) atoms. The molecule has 0 radical (unpaired) electrons. The summed E-state index contributed by atoms with van der Waals surface area (Å²) in [6.07, 6.45) is 1.83. The number of fused-ring (bicyclic) bond motifs is 1. The number of aromatic amines is 1. The highest BCUT2D eigenvalue weighted by Crippen LogP contribution is 2.07. The van der Waals surface area contributed by atoms with Crippen molar-refractivity contribution in [3.63, 3.8) is 0 Å². The fourth-order valence-electron chi connectivity index (χ4n) is 2.61. The Morgan fingerprint density at radius 3 is 2.81 bits per heavy atom. The van der Waals surface area contributed by atoms with E-state index in [1.807, 2.05) is 12.1 Å². The fraction of sp³-hybridized carbons (Fsp3) is 0.263. The standard InChI is InChI=1S/C19H20N4O4/c1-23(12-17(24)20-11-13-5-4-10-27-13)18(25)9-8-16-19(26)22-15-7-3-2-6-14(15)21-16/h2-7,10H,8-9,11-12H2,1H3,(H,20,24)(H,22,26). The van der Waals surface area contributed by atoms with Gasteiger partial charge in [0.2, 0.25) is 11.8 Å². The molecule has 140 valence electrons. The van der Waals surface area contributed by atoms with Gasteiger partial charge in [0, 0.05) is 19.9 Å². The Balaban J connectivity index is 1.51. The summed E-state index contributed by atoms with van der Waals surface area (Å²) in [7, 11) is 1.55. The van der Waals surface area contributed by atoms with Crippen LogP contribution < -0.4 is 10.9 Å². The Morgan fingerprint density at radius 2 is 2.04 bits per heavy atom. The van der Waals surface area contributed by atoms with E-state index in [-0.39, 0.29) is 43.3 Å². The molecule has 0 saturated heterocycles. The topological polar surface area (TPSA) is 108 Å². The van der Waals surface area contributed by atoms with E-state index in [1.165, 1.54) is 11.2 Å². The summed E-state index contributed by atoms with van der Waals surface area (Å²) in [5, 5.41) is 2.68. The number of amides is 2. The van der Waals surface area contributed by atoms with Gasteiger partial charge in [0.25, 0.3) is 5.56 Å². The molecule has 0 aliphatic carbocycles. The molecule has 0 fully saturated rings. The first-order valence-corrected chi connectivity index (χ1v) is 8.54. The summed E-state index contributed by atoms with van der Waals surface area (Å²) in [6.45, 7) is 0.200. The number of para-hydroxylation sites is 2. The van der Waals surface area contributed by atoms with Crippen molar-refractivity contribution in [3.05, 3.63) is 64.5 Å². The summed E-state index contributed by atoms with van der Waals surface area (Å²) in [4.78, 5) is 44.6. The van der Waals surface area contributed by atoms with E-state index in [9.17, 15) is 14.4 Å². The van der Waals surface area contributed by atoms with Crippen molar-refractivity contribution >= 4 is 22.8 Å². The van der Waals surface area contributed by atoms with Crippen LogP contribution in [0.2, 0.25) is 0 Å². The zero-order chi connectivity index (χ0) is 19.2. The summed E-state index contributed by atoms with van der Waals surface area (Å²) >= 11 is 0. The van der Waals surface area contributed by atoms with Crippen molar-refractivity contribution in [2.45, 2.75) is 19.4 Å². The number of likely N-dealkylation sites (N-methyl/N-ethyl adjacent to an activating group) is 1. The molecule has 0 saturated carbocycles. The van der Waals surface area contributed by atoms with Crippen molar-refractivity contribution in [2.75, 3.05) is 13.6 Å². The first-order valence-electron chi connectivity index (χ1n) is 8.54. The molecular weight excluding hydrogens is 348 g/mol. The lowest BCUT2D eigenvalue weighted by Gasteiger charge is -2.16. The number of H-pyrrole nitrogens is 1. The van der Waals surface area contributed by atoms with E-state index in [0.29, 0.717) is 22.5 Å². The second kappa shape index (κ2) is 8.31. The molecular formula is C19H20N4O4. The molecule has 0 bridgehead atoms. The van der Waals surface area contributed by atoms with Crippen LogP contribution in [0.25, 0.3) is 11.0 Å². The number of carbonyl (C=O) groups excluding carboxylic acids is 2. The monoisotopic (exact) mass is 368 g/mol. The maximum Gasteiger partial charge on any atom is 0.270 e. The highest BCUT2D eigenvalue weighted by atomic mass is 16.3. The molecule has 3 rings (SSSR count). The van der Waals surface area contributed by atoms with Gasteiger partial charge in [-0.05, 0) is 24.3 Å². The normalized spacial score (nSPS) is 10.7. The van der Waals surface area contributed by atoms with Gasteiger partial charge in [0.1, 0.15) is 11.5 Å². The van der Waals surface area contributed by atoms with Crippen LogP contribution in [-0.2, 0) is 22.6 Å². The number of benzene rings is 1. The number of nitrogens with zero attached hydrogens (tertiary/aromatic N) is 2. The predicted octanol–water partition coefficient (Wildman–Crippen LogP) is 1.22. The summed E-state index contributed by atoms with van der Waals surface area (Å²) in [6, 6.07) is 10.7. The second-order valence-corrected chi connectivity index (χ2v) is 6.14. The molecule has 2 amide bonds.